The molecular formula is C16H15BrN2O2. The van der Waals surface area contributed by atoms with Crippen LogP contribution in [0.15, 0.2) is 53.0 Å². The van der Waals surface area contributed by atoms with Crippen molar-refractivity contribution in [3.8, 4) is 0 Å². The number of halogens is 1. The molecular weight excluding hydrogens is 332 g/mol. The van der Waals surface area contributed by atoms with Gasteiger partial charge in [-0.3, -0.25) is 9.59 Å². The molecule has 108 valence electrons. The van der Waals surface area contributed by atoms with Crippen LogP contribution in [0.2, 0.25) is 0 Å². The summed E-state index contributed by atoms with van der Waals surface area (Å²) in [5.74, 6) is -0.542. The van der Waals surface area contributed by atoms with Gasteiger partial charge in [-0.15, -0.1) is 0 Å². The van der Waals surface area contributed by atoms with Crippen molar-refractivity contribution in [1.82, 2.24) is 5.32 Å². The molecule has 0 fully saturated rings. The van der Waals surface area contributed by atoms with E-state index in [9.17, 15) is 9.59 Å². The van der Waals surface area contributed by atoms with E-state index in [2.05, 4.69) is 26.6 Å². The molecule has 2 amide bonds. The van der Waals surface area contributed by atoms with Crippen molar-refractivity contribution in [3.05, 3.63) is 64.1 Å². The van der Waals surface area contributed by atoms with Crippen LogP contribution in [0.4, 0.5) is 5.69 Å². The van der Waals surface area contributed by atoms with E-state index in [1.54, 1.807) is 18.2 Å². The minimum atomic E-state index is -0.276. The van der Waals surface area contributed by atoms with Gasteiger partial charge in [-0.25, -0.2) is 0 Å². The Morgan fingerprint density at radius 2 is 1.71 bits per heavy atom. The Morgan fingerprint density at radius 1 is 1.05 bits per heavy atom. The van der Waals surface area contributed by atoms with Crippen molar-refractivity contribution >= 4 is 33.4 Å². The zero-order valence-electron chi connectivity index (χ0n) is 11.5. The standard InChI is InChI=1S/C16H15BrN2O2/c1-11-6-8-12(9-7-11)16(21)18-10-15(20)19-14-5-3-2-4-13(14)17/h2-9H,10H2,1H3,(H,18,21)(H,19,20). The van der Waals surface area contributed by atoms with Gasteiger partial charge in [0.15, 0.2) is 0 Å². The van der Waals surface area contributed by atoms with Crippen LogP contribution < -0.4 is 10.6 Å². The second-order valence-electron chi connectivity index (χ2n) is 4.58. The maximum Gasteiger partial charge on any atom is 0.251 e. The van der Waals surface area contributed by atoms with E-state index < -0.39 is 0 Å². The van der Waals surface area contributed by atoms with Crippen LogP contribution in [0.5, 0.6) is 0 Å². The van der Waals surface area contributed by atoms with Gasteiger partial charge in [0.05, 0.1) is 12.2 Å². The first-order chi connectivity index (χ1) is 10.1. The third-order valence-electron chi connectivity index (χ3n) is 2.87. The fraction of sp³-hybridized carbons (Fsp3) is 0.125. The topological polar surface area (TPSA) is 58.2 Å². The van der Waals surface area contributed by atoms with Crippen LogP contribution in [-0.2, 0) is 4.79 Å². The van der Waals surface area contributed by atoms with Crippen molar-refractivity contribution < 1.29 is 9.59 Å². The first-order valence-electron chi connectivity index (χ1n) is 6.45. The van der Waals surface area contributed by atoms with Gasteiger partial charge in [0.1, 0.15) is 0 Å². The molecule has 0 bridgehead atoms. The highest BCUT2D eigenvalue weighted by atomic mass is 79.9. The summed E-state index contributed by atoms with van der Waals surface area (Å²) in [6.45, 7) is 1.88. The molecule has 2 rings (SSSR count). The fourth-order valence-electron chi connectivity index (χ4n) is 1.72. The quantitative estimate of drug-likeness (QED) is 0.893. The Hall–Kier alpha value is -2.14. The summed E-state index contributed by atoms with van der Waals surface area (Å²) in [6.07, 6.45) is 0. The van der Waals surface area contributed by atoms with E-state index in [1.807, 2.05) is 37.3 Å². The minimum absolute atomic E-state index is 0.0754. The number of carbonyl (C=O) groups is 2. The van der Waals surface area contributed by atoms with Gasteiger partial charge in [-0.05, 0) is 47.1 Å². The summed E-state index contributed by atoms with van der Waals surface area (Å²) >= 11 is 3.35. The number of nitrogens with one attached hydrogen (secondary N) is 2. The second kappa shape index (κ2) is 7.04. The number of hydrogen-bond acceptors (Lipinski definition) is 2. The summed E-state index contributed by atoms with van der Waals surface area (Å²) in [5.41, 5.74) is 2.29. The monoisotopic (exact) mass is 346 g/mol. The van der Waals surface area contributed by atoms with Crippen LogP contribution in [0.1, 0.15) is 15.9 Å². The van der Waals surface area contributed by atoms with Gasteiger partial charge in [-0.1, -0.05) is 29.8 Å². The molecule has 2 N–H and O–H groups in total. The molecule has 0 saturated heterocycles. The van der Waals surface area contributed by atoms with Crippen LogP contribution in [0, 0.1) is 6.92 Å². The molecule has 2 aromatic carbocycles. The average molecular weight is 347 g/mol. The largest absolute Gasteiger partial charge is 0.343 e. The van der Waals surface area contributed by atoms with Crippen LogP contribution in [0.25, 0.3) is 0 Å². The number of benzene rings is 2. The van der Waals surface area contributed by atoms with Gasteiger partial charge in [-0.2, -0.15) is 0 Å². The molecule has 0 radical (unpaired) electrons. The normalized spacial score (nSPS) is 10.0. The molecule has 0 atom stereocenters. The summed E-state index contributed by atoms with van der Waals surface area (Å²) in [7, 11) is 0. The van der Waals surface area contributed by atoms with E-state index in [1.165, 1.54) is 0 Å². The smallest absolute Gasteiger partial charge is 0.251 e. The zero-order valence-corrected chi connectivity index (χ0v) is 13.1. The number of para-hydroxylation sites is 1. The molecule has 4 nitrogen and oxygen atoms in total. The fourth-order valence-corrected chi connectivity index (χ4v) is 2.11. The lowest BCUT2D eigenvalue weighted by molar-refractivity contribution is -0.115. The van der Waals surface area contributed by atoms with E-state index >= 15 is 0 Å². The van der Waals surface area contributed by atoms with Crippen molar-refractivity contribution in [3.63, 3.8) is 0 Å². The summed E-state index contributed by atoms with van der Waals surface area (Å²) in [5, 5.41) is 5.32. The molecule has 2 aromatic rings. The van der Waals surface area contributed by atoms with Crippen LogP contribution >= 0.6 is 15.9 Å². The maximum atomic E-state index is 11.9. The molecule has 0 spiro atoms. The maximum absolute atomic E-state index is 11.9. The molecule has 0 heterocycles. The highest BCUT2D eigenvalue weighted by Gasteiger charge is 2.09. The summed E-state index contributed by atoms with van der Waals surface area (Å²) in [4.78, 5) is 23.7. The number of hydrogen-bond donors (Lipinski definition) is 2. The van der Waals surface area contributed by atoms with Gasteiger partial charge in [0, 0.05) is 10.0 Å². The SMILES string of the molecule is Cc1ccc(C(=O)NCC(=O)Nc2ccccc2Br)cc1. The Morgan fingerprint density at radius 3 is 2.38 bits per heavy atom. The van der Waals surface area contributed by atoms with Crippen molar-refractivity contribution in [2.45, 2.75) is 6.92 Å². The number of aryl methyl sites for hydroxylation is 1. The Kier molecular flexibility index (Phi) is 5.11. The third-order valence-corrected chi connectivity index (χ3v) is 3.56. The molecule has 5 heteroatoms. The molecule has 21 heavy (non-hydrogen) atoms. The van der Waals surface area contributed by atoms with Gasteiger partial charge < -0.3 is 10.6 Å². The number of amides is 2. The van der Waals surface area contributed by atoms with E-state index in [0.29, 0.717) is 11.3 Å². The Balaban J connectivity index is 1.88. The van der Waals surface area contributed by atoms with Gasteiger partial charge >= 0.3 is 0 Å². The highest BCUT2D eigenvalue weighted by Crippen LogP contribution is 2.20. The summed E-state index contributed by atoms with van der Waals surface area (Å²) < 4.78 is 0.795. The highest BCUT2D eigenvalue weighted by molar-refractivity contribution is 9.10. The van der Waals surface area contributed by atoms with E-state index in [4.69, 9.17) is 0 Å². The van der Waals surface area contributed by atoms with Crippen molar-refractivity contribution in [2.75, 3.05) is 11.9 Å². The van der Waals surface area contributed by atoms with E-state index in [-0.39, 0.29) is 18.4 Å². The van der Waals surface area contributed by atoms with Crippen molar-refractivity contribution in [2.24, 2.45) is 0 Å². The van der Waals surface area contributed by atoms with Crippen LogP contribution in [-0.4, -0.2) is 18.4 Å². The first kappa shape index (κ1) is 15.3. The molecule has 0 aliphatic heterocycles. The lowest BCUT2D eigenvalue weighted by Crippen LogP contribution is -2.32. The van der Waals surface area contributed by atoms with Crippen LogP contribution in [0.3, 0.4) is 0 Å². The minimum Gasteiger partial charge on any atom is -0.343 e. The zero-order chi connectivity index (χ0) is 15.2. The lowest BCUT2D eigenvalue weighted by Gasteiger charge is -2.08. The molecule has 0 aliphatic carbocycles. The average Bonchev–Trinajstić information content (AvgIpc) is 2.48. The number of carbonyl (C=O) groups excluding carboxylic acids is 2. The number of rotatable bonds is 4. The molecule has 0 aromatic heterocycles. The molecule has 0 saturated carbocycles. The predicted octanol–water partition coefficient (Wildman–Crippen LogP) is 3.13. The number of anilines is 1. The van der Waals surface area contributed by atoms with E-state index in [0.717, 1.165) is 10.0 Å². The molecule has 0 unspecified atom stereocenters. The predicted molar refractivity (Wildman–Crippen MR) is 86.3 cm³/mol. The Bertz CT molecular complexity index is 654. The summed E-state index contributed by atoms with van der Waals surface area (Å²) in [6, 6.07) is 14.5. The van der Waals surface area contributed by atoms with Gasteiger partial charge in [0.2, 0.25) is 5.91 Å². The van der Waals surface area contributed by atoms with Crippen molar-refractivity contribution in [1.29, 1.82) is 0 Å². The molecule has 0 aliphatic rings. The first-order valence-corrected chi connectivity index (χ1v) is 7.25. The Labute approximate surface area is 131 Å². The lowest BCUT2D eigenvalue weighted by atomic mass is 10.1. The second-order valence-corrected chi connectivity index (χ2v) is 5.43. The third kappa shape index (κ3) is 4.43. The van der Waals surface area contributed by atoms with Gasteiger partial charge in [0.25, 0.3) is 5.91 Å².